The van der Waals surface area contributed by atoms with Crippen LogP contribution in [0.2, 0.25) is 0 Å². The Hall–Kier alpha value is -1.04. The summed E-state index contributed by atoms with van der Waals surface area (Å²) in [7, 11) is 0. The SMILES string of the molecule is CC=C(C)CC1CCC(c2ccccc2)CC1. The third kappa shape index (κ3) is 3.46. The van der Waals surface area contributed by atoms with Crippen molar-refractivity contribution in [2.75, 3.05) is 0 Å². The first-order valence-electron chi connectivity index (χ1n) is 6.96. The van der Waals surface area contributed by atoms with Crippen molar-refractivity contribution < 1.29 is 0 Å². The summed E-state index contributed by atoms with van der Waals surface area (Å²) in [4.78, 5) is 0. The van der Waals surface area contributed by atoms with Crippen molar-refractivity contribution in [1.29, 1.82) is 0 Å². The van der Waals surface area contributed by atoms with Crippen LogP contribution in [0.4, 0.5) is 0 Å². The predicted octanol–water partition coefficient (Wildman–Crippen LogP) is 5.32. The number of benzene rings is 1. The quantitative estimate of drug-likeness (QED) is 0.614. The van der Waals surface area contributed by atoms with Gasteiger partial charge in [0, 0.05) is 0 Å². The van der Waals surface area contributed by atoms with Crippen LogP contribution in [0.15, 0.2) is 42.0 Å². The van der Waals surface area contributed by atoms with Crippen LogP contribution < -0.4 is 0 Å². The van der Waals surface area contributed by atoms with Crippen molar-refractivity contribution in [3.8, 4) is 0 Å². The molecule has 0 radical (unpaired) electrons. The van der Waals surface area contributed by atoms with Gasteiger partial charge in [-0.3, -0.25) is 0 Å². The average molecular weight is 228 g/mol. The number of allylic oxidation sites excluding steroid dienone is 2. The molecule has 1 aliphatic rings. The van der Waals surface area contributed by atoms with Crippen molar-refractivity contribution in [3.63, 3.8) is 0 Å². The number of rotatable bonds is 3. The summed E-state index contributed by atoms with van der Waals surface area (Å²) in [5, 5.41) is 0. The van der Waals surface area contributed by atoms with Gasteiger partial charge in [0.2, 0.25) is 0 Å². The van der Waals surface area contributed by atoms with Crippen LogP contribution in [0.25, 0.3) is 0 Å². The van der Waals surface area contributed by atoms with E-state index < -0.39 is 0 Å². The Bertz CT molecular complexity index is 353. The monoisotopic (exact) mass is 228 g/mol. The molecule has 0 N–H and O–H groups in total. The lowest BCUT2D eigenvalue weighted by atomic mass is 9.77. The zero-order chi connectivity index (χ0) is 12.1. The highest BCUT2D eigenvalue weighted by Crippen LogP contribution is 2.37. The van der Waals surface area contributed by atoms with Crippen LogP contribution in [0.1, 0.15) is 57.4 Å². The molecular formula is C17H24. The summed E-state index contributed by atoms with van der Waals surface area (Å²) in [5.41, 5.74) is 3.11. The molecule has 1 aromatic carbocycles. The molecule has 1 aliphatic carbocycles. The minimum absolute atomic E-state index is 0.818. The summed E-state index contributed by atoms with van der Waals surface area (Å²) in [6.45, 7) is 4.42. The molecule has 0 saturated heterocycles. The molecule has 0 amide bonds. The van der Waals surface area contributed by atoms with E-state index in [-0.39, 0.29) is 0 Å². The fraction of sp³-hybridized carbons (Fsp3) is 0.529. The summed E-state index contributed by atoms with van der Waals surface area (Å²) >= 11 is 0. The molecule has 0 atom stereocenters. The molecule has 0 heteroatoms. The first-order chi connectivity index (χ1) is 8.29. The molecule has 0 bridgehead atoms. The maximum atomic E-state index is 2.29. The van der Waals surface area contributed by atoms with Crippen LogP contribution in [0, 0.1) is 5.92 Å². The van der Waals surface area contributed by atoms with Gasteiger partial charge in [0.15, 0.2) is 0 Å². The lowest BCUT2D eigenvalue weighted by Gasteiger charge is -2.29. The summed E-state index contributed by atoms with van der Waals surface area (Å²) in [5.74, 6) is 1.75. The van der Waals surface area contributed by atoms with E-state index in [2.05, 4.69) is 50.3 Å². The van der Waals surface area contributed by atoms with E-state index in [0.717, 1.165) is 11.8 Å². The predicted molar refractivity (Wildman–Crippen MR) is 75.2 cm³/mol. The highest BCUT2D eigenvalue weighted by Gasteiger charge is 2.21. The van der Waals surface area contributed by atoms with Gasteiger partial charge in [-0.25, -0.2) is 0 Å². The highest BCUT2D eigenvalue weighted by atomic mass is 14.3. The standard InChI is InChI=1S/C17H24/c1-3-14(2)13-15-9-11-17(12-10-15)16-7-5-4-6-8-16/h3-8,15,17H,9-13H2,1-2H3. The first kappa shape index (κ1) is 12.4. The van der Waals surface area contributed by atoms with E-state index in [4.69, 9.17) is 0 Å². The number of hydrogen-bond donors (Lipinski definition) is 0. The number of hydrogen-bond acceptors (Lipinski definition) is 0. The van der Waals surface area contributed by atoms with E-state index in [9.17, 15) is 0 Å². The summed E-state index contributed by atoms with van der Waals surface area (Å²) in [6, 6.07) is 11.0. The van der Waals surface area contributed by atoms with Crippen molar-refractivity contribution >= 4 is 0 Å². The Labute approximate surface area is 106 Å². The molecule has 1 saturated carbocycles. The van der Waals surface area contributed by atoms with Gasteiger partial charge >= 0.3 is 0 Å². The fourth-order valence-electron chi connectivity index (χ4n) is 3.00. The highest BCUT2D eigenvalue weighted by molar-refractivity contribution is 5.20. The topological polar surface area (TPSA) is 0 Å². The maximum Gasteiger partial charge on any atom is -0.0162 e. The molecule has 2 rings (SSSR count). The van der Waals surface area contributed by atoms with Gasteiger partial charge in [-0.15, -0.1) is 0 Å². The summed E-state index contributed by atoms with van der Waals surface area (Å²) < 4.78 is 0. The second-order valence-electron chi connectivity index (χ2n) is 5.47. The summed E-state index contributed by atoms with van der Waals surface area (Å²) in [6.07, 6.45) is 9.16. The van der Waals surface area contributed by atoms with Gasteiger partial charge in [0.05, 0.1) is 0 Å². The Morgan fingerprint density at radius 2 is 1.76 bits per heavy atom. The normalized spacial score (nSPS) is 25.9. The van der Waals surface area contributed by atoms with Gasteiger partial charge in [0.25, 0.3) is 0 Å². The Morgan fingerprint density at radius 3 is 2.35 bits per heavy atom. The van der Waals surface area contributed by atoms with Crippen LogP contribution in [0.5, 0.6) is 0 Å². The zero-order valence-electron chi connectivity index (χ0n) is 11.2. The maximum absolute atomic E-state index is 2.29. The van der Waals surface area contributed by atoms with Crippen LogP contribution in [0.3, 0.4) is 0 Å². The van der Waals surface area contributed by atoms with Gasteiger partial charge in [-0.2, -0.15) is 0 Å². The zero-order valence-corrected chi connectivity index (χ0v) is 11.2. The van der Waals surface area contributed by atoms with Crippen molar-refractivity contribution in [2.45, 2.75) is 51.9 Å². The minimum atomic E-state index is 0.818. The fourth-order valence-corrected chi connectivity index (χ4v) is 3.00. The molecular weight excluding hydrogens is 204 g/mol. The van der Waals surface area contributed by atoms with Gasteiger partial charge in [-0.05, 0) is 63.4 Å². The molecule has 0 spiro atoms. The molecule has 1 fully saturated rings. The van der Waals surface area contributed by atoms with Crippen LogP contribution >= 0.6 is 0 Å². The van der Waals surface area contributed by atoms with Crippen molar-refractivity contribution in [2.24, 2.45) is 5.92 Å². The smallest absolute Gasteiger partial charge is 0.0162 e. The van der Waals surface area contributed by atoms with Gasteiger partial charge in [-0.1, -0.05) is 42.0 Å². The lowest BCUT2D eigenvalue weighted by Crippen LogP contribution is -2.13. The second-order valence-corrected chi connectivity index (χ2v) is 5.47. The van der Waals surface area contributed by atoms with Gasteiger partial charge in [0.1, 0.15) is 0 Å². The van der Waals surface area contributed by atoms with Crippen LogP contribution in [-0.2, 0) is 0 Å². The van der Waals surface area contributed by atoms with E-state index >= 15 is 0 Å². The largest absolute Gasteiger partial charge is 0.0887 e. The molecule has 17 heavy (non-hydrogen) atoms. The van der Waals surface area contributed by atoms with E-state index in [1.807, 2.05) is 0 Å². The molecule has 1 aromatic rings. The molecule has 0 aliphatic heterocycles. The molecule has 92 valence electrons. The third-order valence-corrected chi connectivity index (χ3v) is 4.22. The van der Waals surface area contributed by atoms with E-state index in [1.165, 1.54) is 32.1 Å². The Kier molecular flexibility index (Phi) is 4.42. The van der Waals surface area contributed by atoms with Crippen LogP contribution in [-0.4, -0.2) is 0 Å². The average Bonchev–Trinajstić information content (AvgIpc) is 2.40. The second kappa shape index (κ2) is 6.05. The molecule has 0 aromatic heterocycles. The van der Waals surface area contributed by atoms with Crippen molar-refractivity contribution in [1.82, 2.24) is 0 Å². The Balaban J connectivity index is 1.86. The van der Waals surface area contributed by atoms with Gasteiger partial charge < -0.3 is 0 Å². The first-order valence-corrected chi connectivity index (χ1v) is 6.96. The molecule has 0 unspecified atom stereocenters. The minimum Gasteiger partial charge on any atom is -0.0887 e. The van der Waals surface area contributed by atoms with E-state index in [0.29, 0.717) is 0 Å². The lowest BCUT2D eigenvalue weighted by molar-refractivity contribution is 0.324. The van der Waals surface area contributed by atoms with E-state index in [1.54, 1.807) is 11.1 Å². The third-order valence-electron chi connectivity index (χ3n) is 4.22. The molecule has 0 nitrogen and oxygen atoms in total. The Morgan fingerprint density at radius 1 is 1.12 bits per heavy atom. The van der Waals surface area contributed by atoms with Crippen molar-refractivity contribution in [3.05, 3.63) is 47.5 Å². The molecule has 0 heterocycles.